The lowest BCUT2D eigenvalue weighted by atomic mass is 10.3. The van der Waals surface area contributed by atoms with Crippen LogP contribution in [-0.2, 0) is 4.74 Å². The van der Waals surface area contributed by atoms with E-state index in [0.29, 0.717) is 12.4 Å². The molecule has 0 bridgehead atoms. The lowest BCUT2D eigenvalue weighted by molar-refractivity contribution is 0.0593. The Labute approximate surface area is 82.2 Å². The van der Waals surface area contributed by atoms with Gasteiger partial charge in [-0.15, -0.1) is 0 Å². The Bertz CT molecular complexity index is 336. The van der Waals surface area contributed by atoms with Crippen LogP contribution in [0.4, 0.5) is 0 Å². The smallest absolute Gasteiger partial charge is 0.356 e. The minimum absolute atomic E-state index is 0.231. The summed E-state index contributed by atoms with van der Waals surface area (Å²) in [5, 5.41) is 0. The highest BCUT2D eigenvalue weighted by atomic mass is 16.5. The molecule has 0 aliphatic carbocycles. The minimum Gasteiger partial charge on any atom is -0.489 e. The summed E-state index contributed by atoms with van der Waals surface area (Å²) in [6.45, 7) is 3.91. The highest BCUT2D eigenvalue weighted by molar-refractivity contribution is 5.87. The van der Waals surface area contributed by atoms with Gasteiger partial charge in [-0.1, -0.05) is 12.7 Å². The molecule has 1 aromatic heterocycles. The van der Waals surface area contributed by atoms with Crippen LogP contribution in [0.25, 0.3) is 0 Å². The Balaban J connectivity index is 2.78. The van der Waals surface area contributed by atoms with Crippen molar-refractivity contribution in [2.24, 2.45) is 0 Å². The molecule has 0 N–H and O–H groups in total. The molecule has 1 aromatic rings. The molecule has 0 saturated carbocycles. The van der Waals surface area contributed by atoms with E-state index in [1.165, 1.54) is 19.4 Å². The highest BCUT2D eigenvalue weighted by Crippen LogP contribution is 2.11. The third-order valence-corrected chi connectivity index (χ3v) is 1.49. The molecular formula is C10H11NO3. The summed E-state index contributed by atoms with van der Waals surface area (Å²) in [7, 11) is 1.31. The van der Waals surface area contributed by atoms with Crippen molar-refractivity contribution in [1.82, 2.24) is 4.98 Å². The molecule has 0 atom stereocenters. The zero-order valence-corrected chi connectivity index (χ0v) is 7.90. The average Bonchev–Trinajstić information content (AvgIpc) is 2.25. The predicted octanol–water partition coefficient (Wildman–Crippen LogP) is 1.43. The lowest BCUT2D eigenvalue weighted by Gasteiger charge is -2.03. The Morgan fingerprint density at radius 2 is 2.50 bits per heavy atom. The standard InChI is InChI=1S/C10H11NO3/c1-3-6-14-8-4-5-11-9(7-8)10(12)13-2/h3-5,7H,1,6H2,2H3. The molecule has 0 spiro atoms. The predicted molar refractivity (Wildman–Crippen MR) is 51.3 cm³/mol. The molecule has 0 aromatic carbocycles. The average molecular weight is 193 g/mol. The van der Waals surface area contributed by atoms with Gasteiger partial charge in [-0.3, -0.25) is 0 Å². The summed E-state index contributed by atoms with van der Waals surface area (Å²) in [6.07, 6.45) is 3.11. The van der Waals surface area contributed by atoms with Crippen molar-refractivity contribution in [1.29, 1.82) is 0 Å². The van der Waals surface area contributed by atoms with Crippen molar-refractivity contribution in [3.8, 4) is 5.75 Å². The largest absolute Gasteiger partial charge is 0.489 e. The minimum atomic E-state index is -0.478. The number of carbonyl (C=O) groups is 1. The number of carbonyl (C=O) groups excluding carboxylic acids is 1. The molecule has 74 valence electrons. The molecule has 0 fully saturated rings. The van der Waals surface area contributed by atoms with Gasteiger partial charge in [-0.25, -0.2) is 9.78 Å². The topological polar surface area (TPSA) is 48.4 Å². The van der Waals surface area contributed by atoms with Gasteiger partial charge in [0.15, 0.2) is 5.69 Å². The molecule has 0 aliphatic heterocycles. The van der Waals surface area contributed by atoms with Gasteiger partial charge in [-0.2, -0.15) is 0 Å². The molecule has 1 heterocycles. The lowest BCUT2D eigenvalue weighted by Crippen LogP contribution is -2.04. The van der Waals surface area contributed by atoms with E-state index in [-0.39, 0.29) is 5.69 Å². The maximum absolute atomic E-state index is 11.1. The maximum Gasteiger partial charge on any atom is 0.356 e. The van der Waals surface area contributed by atoms with Gasteiger partial charge in [0.05, 0.1) is 7.11 Å². The van der Waals surface area contributed by atoms with Crippen LogP contribution < -0.4 is 4.74 Å². The number of nitrogens with zero attached hydrogens (tertiary/aromatic N) is 1. The fraction of sp³-hybridized carbons (Fsp3) is 0.200. The SMILES string of the molecule is C=CCOc1ccnc(C(=O)OC)c1. The van der Waals surface area contributed by atoms with Crippen LogP contribution in [0.3, 0.4) is 0 Å². The number of aromatic nitrogens is 1. The molecule has 0 radical (unpaired) electrons. The summed E-state index contributed by atoms with van der Waals surface area (Å²) in [4.78, 5) is 14.9. The molecule has 14 heavy (non-hydrogen) atoms. The second-order valence-corrected chi connectivity index (χ2v) is 2.47. The van der Waals surface area contributed by atoms with Crippen LogP contribution >= 0.6 is 0 Å². The zero-order valence-electron chi connectivity index (χ0n) is 7.90. The molecule has 0 unspecified atom stereocenters. The van der Waals surface area contributed by atoms with Crippen LogP contribution in [0.15, 0.2) is 31.0 Å². The first-order valence-electron chi connectivity index (χ1n) is 4.06. The van der Waals surface area contributed by atoms with E-state index in [4.69, 9.17) is 4.74 Å². The van der Waals surface area contributed by atoms with Crippen molar-refractivity contribution in [3.63, 3.8) is 0 Å². The van der Waals surface area contributed by atoms with Crippen LogP contribution in [0, 0.1) is 0 Å². The van der Waals surface area contributed by atoms with Gasteiger partial charge < -0.3 is 9.47 Å². The Hall–Kier alpha value is -1.84. The summed E-state index contributed by atoms with van der Waals surface area (Å²) in [5.41, 5.74) is 0.231. The van der Waals surface area contributed by atoms with E-state index < -0.39 is 5.97 Å². The molecular weight excluding hydrogens is 182 g/mol. The first-order valence-corrected chi connectivity index (χ1v) is 4.06. The maximum atomic E-state index is 11.1. The number of hydrogen-bond acceptors (Lipinski definition) is 4. The van der Waals surface area contributed by atoms with Crippen molar-refractivity contribution in [2.45, 2.75) is 0 Å². The second kappa shape index (κ2) is 5.01. The van der Waals surface area contributed by atoms with E-state index in [1.54, 1.807) is 12.1 Å². The normalized spacial score (nSPS) is 9.21. The summed E-state index contributed by atoms with van der Waals surface area (Å²) < 4.78 is 9.74. The number of ether oxygens (including phenoxy) is 2. The Morgan fingerprint density at radius 1 is 1.71 bits per heavy atom. The van der Waals surface area contributed by atoms with Gasteiger partial charge >= 0.3 is 5.97 Å². The van der Waals surface area contributed by atoms with Crippen LogP contribution in [0.2, 0.25) is 0 Å². The first kappa shape index (κ1) is 10.2. The van der Waals surface area contributed by atoms with Crippen LogP contribution in [-0.4, -0.2) is 24.7 Å². The Kier molecular flexibility index (Phi) is 3.67. The van der Waals surface area contributed by atoms with Crippen LogP contribution in [0.1, 0.15) is 10.5 Å². The van der Waals surface area contributed by atoms with Crippen molar-refractivity contribution >= 4 is 5.97 Å². The third kappa shape index (κ3) is 2.58. The molecule has 4 nitrogen and oxygen atoms in total. The molecule has 4 heteroatoms. The number of methoxy groups -OCH3 is 1. The van der Waals surface area contributed by atoms with E-state index in [0.717, 1.165) is 0 Å². The number of hydrogen-bond donors (Lipinski definition) is 0. The van der Waals surface area contributed by atoms with E-state index in [1.807, 2.05) is 0 Å². The quantitative estimate of drug-likeness (QED) is 0.536. The van der Waals surface area contributed by atoms with Crippen molar-refractivity contribution < 1.29 is 14.3 Å². The van der Waals surface area contributed by atoms with E-state index in [2.05, 4.69) is 16.3 Å². The van der Waals surface area contributed by atoms with Gasteiger partial charge in [0.1, 0.15) is 12.4 Å². The molecule has 0 amide bonds. The van der Waals surface area contributed by atoms with E-state index >= 15 is 0 Å². The third-order valence-electron chi connectivity index (χ3n) is 1.49. The molecule has 0 saturated heterocycles. The van der Waals surface area contributed by atoms with Crippen molar-refractivity contribution in [3.05, 3.63) is 36.7 Å². The number of pyridine rings is 1. The second-order valence-electron chi connectivity index (χ2n) is 2.47. The fourth-order valence-corrected chi connectivity index (χ4v) is 0.872. The van der Waals surface area contributed by atoms with E-state index in [9.17, 15) is 4.79 Å². The summed E-state index contributed by atoms with van der Waals surface area (Å²) in [5.74, 6) is 0.0920. The fourth-order valence-electron chi connectivity index (χ4n) is 0.872. The zero-order chi connectivity index (χ0) is 10.4. The van der Waals surface area contributed by atoms with Crippen LogP contribution in [0.5, 0.6) is 5.75 Å². The number of esters is 1. The van der Waals surface area contributed by atoms with Crippen molar-refractivity contribution in [2.75, 3.05) is 13.7 Å². The molecule has 0 aliphatic rings. The van der Waals surface area contributed by atoms with Gasteiger partial charge in [0, 0.05) is 12.3 Å². The summed E-state index contributed by atoms with van der Waals surface area (Å²) in [6, 6.07) is 3.19. The Morgan fingerprint density at radius 3 is 3.14 bits per heavy atom. The highest BCUT2D eigenvalue weighted by Gasteiger charge is 2.07. The van der Waals surface area contributed by atoms with Gasteiger partial charge in [-0.05, 0) is 6.07 Å². The number of rotatable bonds is 4. The van der Waals surface area contributed by atoms with Gasteiger partial charge in [0.25, 0.3) is 0 Å². The summed E-state index contributed by atoms with van der Waals surface area (Å²) >= 11 is 0. The first-order chi connectivity index (χ1) is 6.77. The van der Waals surface area contributed by atoms with Gasteiger partial charge in [0.2, 0.25) is 0 Å². The molecule has 1 rings (SSSR count). The monoisotopic (exact) mass is 193 g/mol.